The molecule has 0 aliphatic heterocycles. The summed E-state index contributed by atoms with van der Waals surface area (Å²) in [6.45, 7) is 5.53. The van der Waals surface area contributed by atoms with Crippen molar-refractivity contribution in [3.8, 4) is 5.75 Å². The Hall–Kier alpha value is -1.26. The van der Waals surface area contributed by atoms with Crippen LogP contribution in [-0.2, 0) is 4.79 Å². The number of hydrogen-bond donors (Lipinski definition) is 2. The molecule has 1 aromatic rings. The van der Waals surface area contributed by atoms with E-state index in [1.165, 1.54) is 0 Å². The molecule has 20 heavy (non-hydrogen) atoms. The van der Waals surface area contributed by atoms with E-state index in [2.05, 4.69) is 10.6 Å². The van der Waals surface area contributed by atoms with E-state index in [-0.39, 0.29) is 18.3 Å². The van der Waals surface area contributed by atoms with Crippen LogP contribution in [0.1, 0.15) is 25.3 Å². The van der Waals surface area contributed by atoms with Gasteiger partial charge in [-0.05, 0) is 51.1 Å². The van der Waals surface area contributed by atoms with Crippen molar-refractivity contribution in [3.63, 3.8) is 0 Å². The van der Waals surface area contributed by atoms with Gasteiger partial charge in [0.1, 0.15) is 5.75 Å². The van der Waals surface area contributed by atoms with Crippen molar-refractivity contribution >= 4 is 18.3 Å². The van der Waals surface area contributed by atoms with Crippen molar-refractivity contribution in [1.82, 2.24) is 10.6 Å². The molecule has 0 fully saturated rings. The van der Waals surface area contributed by atoms with Crippen LogP contribution in [0.2, 0.25) is 0 Å². The Bertz CT molecular complexity index is 399. The Morgan fingerprint density at radius 2 is 2.10 bits per heavy atom. The molecule has 0 radical (unpaired) electrons. The number of carbonyl (C=O) groups is 1. The molecule has 0 saturated heterocycles. The predicted octanol–water partition coefficient (Wildman–Crippen LogP) is 2.30. The van der Waals surface area contributed by atoms with Crippen molar-refractivity contribution < 1.29 is 9.53 Å². The Kier molecular flexibility index (Phi) is 9.86. The number of halogens is 1. The third-order valence-corrected chi connectivity index (χ3v) is 2.83. The molecule has 0 aromatic heterocycles. The molecule has 0 saturated carbocycles. The van der Waals surface area contributed by atoms with E-state index >= 15 is 0 Å². The van der Waals surface area contributed by atoms with E-state index in [9.17, 15) is 4.79 Å². The van der Waals surface area contributed by atoms with Crippen LogP contribution in [0.4, 0.5) is 0 Å². The summed E-state index contributed by atoms with van der Waals surface area (Å²) in [6, 6.07) is 7.76. The maximum Gasteiger partial charge on any atom is 0.261 e. The monoisotopic (exact) mass is 300 g/mol. The number of rotatable bonds is 8. The van der Waals surface area contributed by atoms with Gasteiger partial charge in [0.15, 0.2) is 6.10 Å². The van der Waals surface area contributed by atoms with Gasteiger partial charge in [-0.3, -0.25) is 4.79 Å². The molecular formula is C15H25ClN2O2. The Morgan fingerprint density at radius 1 is 1.35 bits per heavy atom. The van der Waals surface area contributed by atoms with E-state index in [4.69, 9.17) is 4.74 Å². The molecular weight excluding hydrogens is 276 g/mol. The van der Waals surface area contributed by atoms with Crippen LogP contribution >= 0.6 is 12.4 Å². The lowest BCUT2D eigenvalue weighted by atomic mass is 10.2. The fourth-order valence-electron chi connectivity index (χ4n) is 1.77. The largest absolute Gasteiger partial charge is 0.481 e. The molecule has 1 unspecified atom stereocenters. The fourth-order valence-corrected chi connectivity index (χ4v) is 1.77. The lowest BCUT2D eigenvalue weighted by molar-refractivity contribution is -0.128. The van der Waals surface area contributed by atoms with Gasteiger partial charge >= 0.3 is 0 Å². The van der Waals surface area contributed by atoms with E-state index < -0.39 is 6.10 Å². The summed E-state index contributed by atoms with van der Waals surface area (Å²) in [5, 5.41) is 5.95. The molecule has 0 spiro atoms. The molecule has 1 rings (SSSR count). The summed E-state index contributed by atoms with van der Waals surface area (Å²) in [5.41, 5.74) is 1.13. The smallest absolute Gasteiger partial charge is 0.261 e. The minimum atomic E-state index is -0.420. The Labute approximate surface area is 127 Å². The zero-order valence-electron chi connectivity index (χ0n) is 12.4. The minimum Gasteiger partial charge on any atom is -0.481 e. The normalized spacial score (nSPS) is 11.3. The second-order valence-corrected chi connectivity index (χ2v) is 4.58. The highest BCUT2D eigenvalue weighted by molar-refractivity contribution is 5.85. The van der Waals surface area contributed by atoms with E-state index in [1.54, 1.807) is 0 Å². The van der Waals surface area contributed by atoms with Crippen molar-refractivity contribution in [2.75, 3.05) is 20.1 Å². The molecule has 4 nitrogen and oxygen atoms in total. The highest BCUT2D eigenvalue weighted by Crippen LogP contribution is 2.15. The van der Waals surface area contributed by atoms with E-state index in [1.807, 2.05) is 45.2 Å². The standard InChI is InChI=1S/C15H24N2O2.ClH/c1-4-14(15(18)17-10-6-9-16-3)19-13-8-5-7-12(2)11-13;/h5,7-8,11,14,16H,4,6,9-10H2,1-3H3,(H,17,18);1H. The van der Waals surface area contributed by atoms with Crippen LogP contribution in [0.3, 0.4) is 0 Å². The summed E-state index contributed by atoms with van der Waals surface area (Å²) >= 11 is 0. The maximum absolute atomic E-state index is 12.0. The van der Waals surface area contributed by atoms with Crippen LogP contribution < -0.4 is 15.4 Å². The van der Waals surface area contributed by atoms with Crippen molar-refractivity contribution in [3.05, 3.63) is 29.8 Å². The van der Waals surface area contributed by atoms with Gasteiger partial charge in [0.25, 0.3) is 5.91 Å². The molecule has 0 aliphatic rings. The minimum absolute atomic E-state index is 0. The van der Waals surface area contributed by atoms with Gasteiger partial charge in [-0.1, -0.05) is 19.1 Å². The Morgan fingerprint density at radius 3 is 2.70 bits per heavy atom. The molecule has 2 N–H and O–H groups in total. The van der Waals surface area contributed by atoms with Gasteiger partial charge in [0, 0.05) is 6.54 Å². The highest BCUT2D eigenvalue weighted by Gasteiger charge is 2.17. The lowest BCUT2D eigenvalue weighted by Crippen LogP contribution is -2.39. The van der Waals surface area contributed by atoms with Crippen LogP contribution in [0, 0.1) is 6.92 Å². The lowest BCUT2D eigenvalue weighted by Gasteiger charge is -2.17. The van der Waals surface area contributed by atoms with Gasteiger partial charge in [0.05, 0.1) is 0 Å². The molecule has 1 atom stereocenters. The summed E-state index contributed by atoms with van der Waals surface area (Å²) in [4.78, 5) is 12.0. The van der Waals surface area contributed by atoms with Gasteiger partial charge in [-0.25, -0.2) is 0 Å². The molecule has 5 heteroatoms. The zero-order chi connectivity index (χ0) is 14.1. The molecule has 0 bridgehead atoms. The number of amides is 1. The van der Waals surface area contributed by atoms with Gasteiger partial charge in [-0.2, -0.15) is 0 Å². The van der Waals surface area contributed by atoms with Crippen LogP contribution in [0.5, 0.6) is 5.75 Å². The number of aryl methyl sites for hydroxylation is 1. The summed E-state index contributed by atoms with van der Waals surface area (Å²) in [5.74, 6) is 0.706. The second-order valence-electron chi connectivity index (χ2n) is 4.58. The third kappa shape index (κ3) is 6.78. The van der Waals surface area contributed by atoms with Gasteiger partial charge in [-0.15, -0.1) is 12.4 Å². The number of hydrogen-bond acceptors (Lipinski definition) is 3. The SMILES string of the molecule is CCC(Oc1cccc(C)c1)C(=O)NCCCNC.Cl. The summed E-state index contributed by atoms with van der Waals surface area (Å²) < 4.78 is 5.74. The molecule has 1 amide bonds. The van der Waals surface area contributed by atoms with E-state index in [0.29, 0.717) is 13.0 Å². The highest BCUT2D eigenvalue weighted by atomic mass is 35.5. The topological polar surface area (TPSA) is 50.4 Å². The molecule has 0 aliphatic carbocycles. The first-order valence-corrected chi connectivity index (χ1v) is 6.83. The first-order chi connectivity index (χ1) is 9.17. The molecule has 1 aromatic carbocycles. The van der Waals surface area contributed by atoms with Crippen molar-refractivity contribution in [2.24, 2.45) is 0 Å². The average molecular weight is 301 g/mol. The quantitative estimate of drug-likeness (QED) is 0.724. The fraction of sp³-hybridized carbons (Fsp3) is 0.533. The number of nitrogens with one attached hydrogen (secondary N) is 2. The summed E-state index contributed by atoms with van der Waals surface area (Å²) in [6.07, 6.45) is 1.16. The number of carbonyl (C=O) groups excluding carboxylic acids is 1. The summed E-state index contributed by atoms with van der Waals surface area (Å²) in [7, 11) is 1.90. The van der Waals surface area contributed by atoms with Crippen LogP contribution in [-0.4, -0.2) is 32.1 Å². The first kappa shape index (κ1) is 18.7. The second kappa shape index (κ2) is 10.5. The van der Waals surface area contributed by atoms with E-state index in [0.717, 1.165) is 24.3 Å². The number of ether oxygens (including phenoxy) is 1. The van der Waals surface area contributed by atoms with Gasteiger partial charge < -0.3 is 15.4 Å². The third-order valence-electron chi connectivity index (χ3n) is 2.83. The predicted molar refractivity (Wildman–Crippen MR) is 84.7 cm³/mol. The number of benzene rings is 1. The molecule has 114 valence electrons. The zero-order valence-corrected chi connectivity index (χ0v) is 13.3. The van der Waals surface area contributed by atoms with Crippen LogP contribution in [0.15, 0.2) is 24.3 Å². The average Bonchev–Trinajstić information content (AvgIpc) is 2.41. The van der Waals surface area contributed by atoms with Crippen LogP contribution in [0.25, 0.3) is 0 Å². The first-order valence-electron chi connectivity index (χ1n) is 6.83. The molecule has 0 heterocycles. The van der Waals surface area contributed by atoms with Gasteiger partial charge in [0.2, 0.25) is 0 Å². The Balaban J connectivity index is 0.00000361. The maximum atomic E-state index is 12.0. The van der Waals surface area contributed by atoms with Crippen molar-refractivity contribution in [2.45, 2.75) is 32.8 Å². The van der Waals surface area contributed by atoms with Crippen molar-refractivity contribution in [1.29, 1.82) is 0 Å².